The monoisotopic (exact) mass is 345 g/mol. The van der Waals surface area contributed by atoms with Crippen LogP contribution in [0.4, 0.5) is 5.69 Å². The van der Waals surface area contributed by atoms with Gasteiger partial charge in [0.05, 0.1) is 19.3 Å². The summed E-state index contributed by atoms with van der Waals surface area (Å²) in [6, 6.07) is 8.81. The molecule has 5 nitrogen and oxygen atoms in total. The van der Waals surface area contributed by atoms with E-state index in [2.05, 4.69) is 47.2 Å². The number of likely N-dealkylation sites (tertiary alicyclic amines) is 1. The number of morpholine rings is 1. The van der Waals surface area contributed by atoms with Crippen molar-refractivity contribution in [3.8, 4) is 0 Å². The number of nitrogens with one attached hydrogen (secondary N) is 1. The lowest BCUT2D eigenvalue weighted by Gasteiger charge is -2.37. The predicted molar refractivity (Wildman–Crippen MR) is 101 cm³/mol. The van der Waals surface area contributed by atoms with Gasteiger partial charge in [0, 0.05) is 31.4 Å². The molecule has 0 aliphatic carbocycles. The molecule has 0 saturated carbocycles. The first-order chi connectivity index (χ1) is 12.2. The van der Waals surface area contributed by atoms with Crippen LogP contribution in [0.25, 0.3) is 0 Å². The van der Waals surface area contributed by atoms with Crippen LogP contribution in [0.5, 0.6) is 0 Å². The van der Waals surface area contributed by atoms with E-state index < -0.39 is 0 Å². The predicted octanol–water partition coefficient (Wildman–Crippen LogP) is 2.40. The van der Waals surface area contributed by atoms with E-state index in [1.807, 2.05) is 6.07 Å². The first kappa shape index (κ1) is 18.2. The molecule has 0 radical (unpaired) electrons. The number of carbonyl (C=O) groups is 1. The number of ether oxygens (including phenoxy) is 1. The van der Waals surface area contributed by atoms with Crippen molar-refractivity contribution in [1.82, 2.24) is 10.2 Å². The topological polar surface area (TPSA) is 44.8 Å². The molecule has 3 rings (SSSR count). The average Bonchev–Trinajstić information content (AvgIpc) is 2.67. The van der Waals surface area contributed by atoms with Crippen LogP contribution in [-0.4, -0.2) is 55.7 Å². The number of para-hydroxylation sites is 1. The van der Waals surface area contributed by atoms with Gasteiger partial charge in [-0.15, -0.1) is 0 Å². The smallest absolute Gasteiger partial charge is 0.237 e. The Kier molecular flexibility index (Phi) is 6.32. The first-order valence-corrected chi connectivity index (χ1v) is 9.61. The number of hydrogen-bond donors (Lipinski definition) is 1. The van der Waals surface area contributed by atoms with Gasteiger partial charge in [0.1, 0.15) is 0 Å². The molecule has 0 spiro atoms. The van der Waals surface area contributed by atoms with Gasteiger partial charge in [0.15, 0.2) is 0 Å². The van der Waals surface area contributed by atoms with Crippen LogP contribution in [0.15, 0.2) is 24.3 Å². The molecule has 25 heavy (non-hydrogen) atoms. The van der Waals surface area contributed by atoms with Crippen LogP contribution >= 0.6 is 0 Å². The average molecular weight is 345 g/mol. The Morgan fingerprint density at radius 3 is 2.72 bits per heavy atom. The largest absolute Gasteiger partial charge is 0.378 e. The van der Waals surface area contributed by atoms with Crippen LogP contribution in [-0.2, 0) is 16.1 Å². The van der Waals surface area contributed by atoms with Gasteiger partial charge >= 0.3 is 0 Å². The standard InChI is InChI=1S/C20H31N3O2/c1-16(2)23-10-6-5-9-19(23)20(24)21-15-17-7-3-4-8-18(17)22-11-13-25-14-12-22/h3-4,7-8,16,19H,5-6,9-15H2,1-2H3,(H,21,24). The molecule has 0 bridgehead atoms. The lowest BCUT2D eigenvalue weighted by Crippen LogP contribution is -2.52. The maximum atomic E-state index is 12.8. The Bertz CT molecular complexity index is 570. The third-order valence-corrected chi connectivity index (χ3v) is 5.31. The quantitative estimate of drug-likeness (QED) is 0.890. The Morgan fingerprint density at radius 1 is 1.20 bits per heavy atom. The number of nitrogens with zero attached hydrogens (tertiary/aromatic N) is 2. The summed E-state index contributed by atoms with van der Waals surface area (Å²) in [6.45, 7) is 9.34. The number of piperidine rings is 1. The lowest BCUT2D eigenvalue weighted by atomic mass is 9.99. The van der Waals surface area contributed by atoms with Gasteiger partial charge < -0.3 is 15.0 Å². The zero-order valence-corrected chi connectivity index (χ0v) is 15.5. The highest BCUT2D eigenvalue weighted by Gasteiger charge is 2.30. The fourth-order valence-corrected chi connectivity index (χ4v) is 3.93. The Hall–Kier alpha value is -1.59. The van der Waals surface area contributed by atoms with Crippen molar-refractivity contribution < 1.29 is 9.53 Å². The van der Waals surface area contributed by atoms with Gasteiger partial charge in [0.2, 0.25) is 5.91 Å². The van der Waals surface area contributed by atoms with Crippen molar-refractivity contribution >= 4 is 11.6 Å². The SMILES string of the molecule is CC(C)N1CCCCC1C(=O)NCc1ccccc1N1CCOCC1. The van der Waals surface area contributed by atoms with Crippen molar-refractivity contribution in [3.63, 3.8) is 0 Å². The van der Waals surface area contributed by atoms with E-state index in [-0.39, 0.29) is 11.9 Å². The summed E-state index contributed by atoms with van der Waals surface area (Å²) >= 11 is 0. The second kappa shape index (κ2) is 8.68. The van der Waals surface area contributed by atoms with E-state index in [4.69, 9.17) is 4.74 Å². The van der Waals surface area contributed by atoms with E-state index in [1.165, 1.54) is 17.7 Å². The summed E-state index contributed by atoms with van der Waals surface area (Å²) in [6.07, 6.45) is 3.31. The van der Waals surface area contributed by atoms with Crippen LogP contribution in [0.3, 0.4) is 0 Å². The number of amides is 1. The molecule has 1 amide bonds. The Morgan fingerprint density at radius 2 is 1.96 bits per heavy atom. The fraction of sp³-hybridized carbons (Fsp3) is 0.650. The Balaban J connectivity index is 1.64. The van der Waals surface area contributed by atoms with E-state index >= 15 is 0 Å². The highest BCUT2D eigenvalue weighted by atomic mass is 16.5. The van der Waals surface area contributed by atoms with Crippen molar-refractivity contribution in [2.75, 3.05) is 37.7 Å². The summed E-state index contributed by atoms with van der Waals surface area (Å²) < 4.78 is 5.46. The number of hydrogen-bond acceptors (Lipinski definition) is 4. The summed E-state index contributed by atoms with van der Waals surface area (Å²) in [4.78, 5) is 17.5. The van der Waals surface area contributed by atoms with Crippen molar-refractivity contribution in [2.45, 2.75) is 51.7 Å². The maximum Gasteiger partial charge on any atom is 0.237 e. The van der Waals surface area contributed by atoms with Crippen LogP contribution in [0.1, 0.15) is 38.7 Å². The zero-order chi connectivity index (χ0) is 17.6. The number of anilines is 1. The molecule has 2 fully saturated rings. The second-order valence-corrected chi connectivity index (χ2v) is 7.29. The molecule has 1 aromatic rings. The van der Waals surface area contributed by atoms with Crippen LogP contribution < -0.4 is 10.2 Å². The van der Waals surface area contributed by atoms with E-state index in [9.17, 15) is 4.79 Å². The minimum absolute atomic E-state index is 0.0179. The molecule has 2 heterocycles. The first-order valence-electron chi connectivity index (χ1n) is 9.61. The minimum Gasteiger partial charge on any atom is -0.378 e. The van der Waals surface area contributed by atoms with Gasteiger partial charge in [-0.2, -0.15) is 0 Å². The van der Waals surface area contributed by atoms with Gasteiger partial charge in [-0.3, -0.25) is 9.69 Å². The molecule has 5 heteroatoms. The number of carbonyl (C=O) groups excluding carboxylic acids is 1. The summed E-state index contributed by atoms with van der Waals surface area (Å²) in [5.74, 6) is 0.171. The molecular formula is C20H31N3O2. The second-order valence-electron chi connectivity index (χ2n) is 7.29. The molecule has 0 aromatic heterocycles. The van der Waals surface area contributed by atoms with Crippen LogP contribution in [0, 0.1) is 0 Å². The molecule has 1 unspecified atom stereocenters. The van der Waals surface area contributed by atoms with Gasteiger partial charge in [-0.25, -0.2) is 0 Å². The van der Waals surface area contributed by atoms with Gasteiger partial charge in [-0.05, 0) is 44.9 Å². The maximum absolute atomic E-state index is 12.8. The number of benzene rings is 1. The van der Waals surface area contributed by atoms with Crippen molar-refractivity contribution in [1.29, 1.82) is 0 Å². The third-order valence-electron chi connectivity index (χ3n) is 5.31. The van der Waals surface area contributed by atoms with E-state index in [0.717, 1.165) is 45.7 Å². The van der Waals surface area contributed by atoms with E-state index in [1.54, 1.807) is 0 Å². The molecule has 1 N–H and O–H groups in total. The summed E-state index contributed by atoms with van der Waals surface area (Å²) in [5.41, 5.74) is 2.40. The lowest BCUT2D eigenvalue weighted by molar-refractivity contribution is -0.128. The molecule has 138 valence electrons. The van der Waals surface area contributed by atoms with Gasteiger partial charge in [-0.1, -0.05) is 24.6 Å². The molecule has 2 aliphatic heterocycles. The van der Waals surface area contributed by atoms with Crippen LogP contribution in [0.2, 0.25) is 0 Å². The highest BCUT2D eigenvalue weighted by Crippen LogP contribution is 2.23. The molecular weight excluding hydrogens is 314 g/mol. The molecule has 2 saturated heterocycles. The normalized spacial score (nSPS) is 22.2. The zero-order valence-electron chi connectivity index (χ0n) is 15.5. The molecule has 1 atom stereocenters. The molecule has 1 aromatic carbocycles. The number of rotatable bonds is 5. The Labute approximate surface area is 151 Å². The van der Waals surface area contributed by atoms with Crippen molar-refractivity contribution in [2.24, 2.45) is 0 Å². The molecule has 2 aliphatic rings. The van der Waals surface area contributed by atoms with Gasteiger partial charge in [0.25, 0.3) is 0 Å². The van der Waals surface area contributed by atoms with Crippen molar-refractivity contribution in [3.05, 3.63) is 29.8 Å². The minimum atomic E-state index is 0.0179. The highest BCUT2D eigenvalue weighted by molar-refractivity contribution is 5.82. The summed E-state index contributed by atoms with van der Waals surface area (Å²) in [7, 11) is 0. The fourth-order valence-electron chi connectivity index (χ4n) is 3.93. The third kappa shape index (κ3) is 4.53. The summed E-state index contributed by atoms with van der Waals surface area (Å²) in [5, 5.41) is 3.19. The van der Waals surface area contributed by atoms with E-state index in [0.29, 0.717) is 12.6 Å².